The van der Waals surface area contributed by atoms with Crippen molar-refractivity contribution in [2.45, 2.75) is 0 Å². The van der Waals surface area contributed by atoms with Gasteiger partial charge in [0.05, 0.1) is 5.69 Å². The summed E-state index contributed by atoms with van der Waals surface area (Å²) < 4.78 is 25.9. The molecule has 1 aromatic heterocycles. The van der Waals surface area contributed by atoms with Crippen molar-refractivity contribution < 1.29 is 13.6 Å². The van der Waals surface area contributed by atoms with Crippen LogP contribution in [0.3, 0.4) is 0 Å². The van der Waals surface area contributed by atoms with Crippen molar-refractivity contribution in [2.24, 2.45) is 0 Å². The lowest BCUT2D eigenvalue weighted by Crippen LogP contribution is -1.88. The highest BCUT2D eigenvalue weighted by molar-refractivity contribution is 5.59. The Labute approximate surface area is 91.6 Å². The molecular weight excluding hydrogens is 212 g/mol. The molecule has 0 spiro atoms. The van der Waals surface area contributed by atoms with Crippen LogP contribution >= 0.6 is 0 Å². The van der Waals surface area contributed by atoms with E-state index in [4.69, 9.17) is 4.79 Å². The maximum absolute atomic E-state index is 13.3. The maximum Gasteiger partial charge on any atom is 0.135 e. The molecule has 2 nitrogen and oxygen atoms in total. The maximum atomic E-state index is 13.3. The van der Waals surface area contributed by atoms with Crippen LogP contribution in [0.1, 0.15) is 0 Å². The number of pyridine rings is 1. The van der Waals surface area contributed by atoms with E-state index in [0.29, 0.717) is 11.3 Å². The van der Waals surface area contributed by atoms with Gasteiger partial charge in [0.15, 0.2) is 0 Å². The first-order valence-electron chi connectivity index (χ1n) is 4.43. The number of hydrogen-bond donors (Lipinski definition) is 0. The van der Waals surface area contributed by atoms with Gasteiger partial charge in [0.1, 0.15) is 18.4 Å². The molecule has 0 radical (unpaired) electrons. The quantitative estimate of drug-likeness (QED) is 0.741. The SMILES string of the molecule is C=O.Fc1ccc(-c2ccccn2)c(F)c1. The van der Waals surface area contributed by atoms with Gasteiger partial charge < -0.3 is 4.79 Å². The van der Waals surface area contributed by atoms with E-state index in [1.807, 2.05) is 6.79 Å². The van der Waals surface area contributed by atoms with Crippen LogP contribution in [0.2, 0.25) is 0 Å². The summed E-state index contributed by atoms with van der Waals surface area (Å²) in [7, 11) is 0. The lowest BCUT2D eigenvalue weighted by Gasteiger charge is -2.01. The van der Waals surface area contributed by atoms with Gasteiger partial charge in [0.2, 0.25) is 0 Å². The lowest BCUT2D eigenvalue weighted by molar-refractivity contribution is -0.0979. The highest BCUT2D eigenvalue weighted by Crippen LogP contribution is 2.20. The van der Waals surface area contributed by atoms with Gasteiger partial charge in [-0.15, -0.1) is 0 Å². The highest BCUT2D eigenvalue weighted by atomic mass is 19.1. The molecule has 0 amide bonds. The predicted molar refractivity (Wildman–Crippen MR) is 56.7 cm³/mol. The molecule has 0 saturated carbocycles. The second-order valence-electron chi connectivity index (χ2n) is 2.84. The Balaban J connectivity index is 0.000000606. The minimum atomic E-state index is -0.594. The van der Waals surface area contributed by atoms with Crippen molar-refractivity contribution in [3.05, 3.63) is 54.2 Å². The summed E-state index contributed by atoms with van der Waals surface area (Å²) in [5, 5.41) is 0. The molecule has 0 aliphatic heterocycles. The second kappa shape index (κ2) is 5.70. The molecule has 0 unspecified atom stereocenters. The van der Waals surface area contributed by atoms with Gasteiger partial charge in [-0.05, 0) is 24.3 Å². The first-order chi connectivity index (χ1) is 7.77. The summed E-state index contributed by atoms with van der Waals surface area (Å²) in [4.78, 5) is 12.0. The van der Waals surface area contributed by atoms with Crippen molar-refractivity contribution in [3.63, 3.8) is 0 Å². The Morgan fingerprint density at radius 2 is 1.81 bits per heavy atom. The smallest absolute Gasteiger partial charge is 0.135 e. The number of nitrogens with zero attached hydrogens (tertiary/aromatic N) is 1. The standard InChI is InChI=1S/C11H7F2N.CH2O/c12-8-4-5-9(10(13)7-8)11-3-1-2-6-14-11;1-2/h1-7H;1H2. The van der Waals surface area contributed by atoms with Crippen LogP contribution in [-0.4, -0.2) is 11.8 Å². The molecule has 0 atom stereocenters. The van der Waals surface area contributed by atoms with Crippen molar-refractivity contribution in [1.82, 2.24) is 4.98 Å². The summed E-state index contributed by atoms with van der Waals surface area (Å²) >= 11 is 0. The fraction of sp³-hybridized carbons (Fsp3) is 0. The first kappa shape index (κ1) is 12.0. The monoisotopic (exact) mass is 221 g/mol. The number of carbonyl (C=O) groups excluding carboxylic acids is 1. The van der Waals surface area contributed by atoms with E-state index in [1.54, 1.807) is 24.4 Å². The Morgan fingerprint density at radius 1 is 1.06 bits per heavy atom. The third kappa shape index (κ3) is 2.70. The molecule has 1 aromatic carbocycles. The number of aromatic nitrogens is 1. The number of benzene rings is 1. The average molecular weight is 221 g/mol. The van der Waals surface area contributed by atoms with Gasteiger partial charge in [-0.1, -0.05) is 6.07 Å². The lowest BCUT2D eigenvalue weighted by atomic mass is 10.1. The minimum absolute atomic E-state index is 0.312. The van der Waals surface area contributed by atoms with Gasteiger partial charge in [0, 0.05) is 17.8 Å². The number of carbonyl (C=O) groups is 1. The van der Waals surface area contributed by atoms with Crippen molar-refractivity contribution in [1.29, 1.82) is 0 Å². The van der Waals surface area contributed by atoms with Gasteiger partial charge in [-0.3, -0.25) is 4.98 Å². The van der Waals surface area contributed by atoms with Crippen molar-refractivity contribution >= 4 is 6.79 Å². The molecule has 0 aliphatic rings. The van der Waals surface area contributed by atoms with Crippen molar-refractivity contribution in [2.75, 3.05) is 0 Å². The Hall–Kier alpha value is -2.10. The number of rotatable bonds is 1. The van der Waals surface area contributed by atoms with E-state index >= 15 is 0 Å². The molecule has 0 bridgehead atoms. The summed E-state index contributed by atoms with van der Waals surface area (Å²) in [5.74, 6) is -1.18. The summed E-state index contributed by atoms with van der Waals surface area (Å²) in [6.07, 6.45) is 1.57. The third-order valence-electron chi connectivity index (χ3n) is 1.87. The highest BCUT2D eigenvalue weighted by Gasteiger charge is 2.05. The largest absolute Gasteiger partial charge is 0.307 e. The second-order valence-corrected chi connectivity index (χ2v) is 2.84. The molecule has 0 aliphatic carbocycles. The molecule has 1 heterocycles. The summed E-state index contributed by atoms with van der Waals surface area (Å²) in [5.41, 5.74) is 0.817. The van der Waals surface area contributed by atoms with Gasteiger partial charge in [-0.25, -0.2) is 8.78 Å². The van der Waals surface area contributed by atoms with E-state index in [9.17, 15) is 8.78 Å². The molecule has 0 fully saturated rings. The Morgan fingerprint density at radius 3 is 2.38 bits per heavy atom. The van der Waals surface area contributed by atoms with E-state index < -0.39 is 11.6 Å². The molecule has 2 aromatic rings. The number of hydrogen-bond acceptors (Lipinski definition) is 2. The van der Waals surface area contributed by atoms with Gasteiger partial charge in [-0.2, -0.15) is 0 Å². The molecule has 0 saturated heterocycles. The zero-order chi connectivity index (χ0) is 12.0. The summed E-state index contributed by atoms with van der Waals surface area (Å²) in [6, 6.07) is 8.62. The molecule has 2 rings (SSSR count). The van der Waals surface area contributed by atoms with Crippen LogP contribution in [-0.2, 0) is 4.79 Å². The Kier molecular flexibility index (Phi) is 4.27. The zero-order valence-corrected chi connectivity index (χ0v) is 8.36. The van der Waals surface area contributed by atoms with E-state index in [0.717, 1.165) is 6.07 Å². The zero-order valence-electron chi connectivity index (χ0n) is 8.36. The minimum Gasteiger partial charge on any atom is -0.307 e. The van der Waals surface area contributed by atoms with Crippen LogP contribution in [0.5, 0.6) is 0 Å². The fourth-order valence-corrected chi connectivity index (χ4v) is 1.22. The normalized spacial score (nSPS) is 9.12. The van der Waals surface area contributed by atoms with Crippen LogP contribution in [0, 0.1) is 11.6 Å². The predicted octanol–water partition coefficient (Wildman–Crippen LogP) is 2.84. The van der Waals surface area contributed by atoms with Crippen LogP contribution in [0.15, 0.2) is 42.6 Å². The molecule has 0 N–H and O–H groups in total. The Bertz CT molecular complexity index is 460. The third-order valence-corrected chi connectivity index (χ3v) is 1.87. The van der Waals surface area contributed by atoms with Crippen LogP contribution in [0.4, 0.5) is 8.78 Å². The van der Waals surface area contributed by atoms with Gasteiger partial charge >= 0.3 is 0 Å². The van der Waals surface area contributed by atoms with E-state index in [2.05, 4.69) is 4.98 Å². The first-order valence-corrected chi connectivity index (χ1v) is 4.43. The topological polar surface area (TPSA) is 30.0 Å². The van der Waals surface area contributed by atoms with Crippen molar-refractivity contribution in [3.8, 4) is 11.3 Å². The molecular formula is C12H9F2NO. The molecule has 4 heteroatoms. The average Bonchev–Trinajstić information content (AvgIpc) is 2.33. The molecule has 16 heavy (non-hydrogen) atoms. The van der Waals surface area contributed by atoms with Crippen LogP contribution < -0.4 is 0 Å². The van der Waals surface area contributed by atoms with E-state index in [1.165, 1.54) is 12.1 Å². The number of halogens is 2. The van der Waals surface area contributed by atoms with E-state index in [-0.39, 0.29) is 0 Å². The summed E-state index contributed by atoms with van der Waals surface area (Å²) in [6.45, 7) is 2.00. The van der Waals surface area contributed by atoms with Gasteiger partial charge in [0.25, 0.3) is 0 Å². The molecule has 82 valence electrons. The van der Waals surface area contributed by atoms with Crippen LogP contribution in [0.25, 0.3) is 11.3 Å². The fourth-order valence-electron chi connectivity index (χ4n) is 1.22.